The van der Waals surface area contributed by atoms with Gasteiger partial charge in [-0.2, -0.15) is 0 Å². The van der Waals surface area contributed by atoms with Gasteiger partial charge in [-0.25, -0.2) is 4.90 Å². The van der Waals surface area contributed by atoms with Crippen molar-refractivity contribution in [2.75, 3.05) is 90.5 Å². The highest BCUT2D eigenvalue weighted by Crippen LogP contribution is 2.45. The van der Waals surface area contributed by atoms with E-state index >= 15 is 0 Å². The number of ether oxygens (including phenoxy) is 6. The Bertz CT molecular complexity index is 982. The number of carbonyl (C=O) groups is 1. The molecule has 46 heavy (non-hydrogen) atoms. The number of piperidine rings is 1. The molecule has 0 bridgehead atoms. The van der Waals surface area contributed by atoms with Gasteiger partial charge in [-0.15, -0.1) is 11.6 Å². The van der Waals surface area contributed by atoms with Gasteiger partial charge in [0.05, 0.1) is 72.1 Å². The molecule has 6 N–H and O–H groups in total. The summed E-state index contributed by atoms with van der Waals surface area (Å²) >= 11 is 5.65. The van der Waals surface area contributed by atoms with E-state index in [-0.39, 0.29) is 19.8 Å². The van der Waals surface area contributed by atoms with Crippen molar-refractivity contribution in [1.82, 2.24) is 10.2 Å². The zero-order chi connectivity index (χ0) is 33.0. The molecule has 2 aliphatic heterocycles. The molecule has 264 valence electrons. The first kappa shape index (κ1) is 38.9. The standard InChI is InChI=1S/C31H52ClN3O11/c32-10-3-1-2-4-11-41-12-13-42-14-15-43-16-17-44-18-19-45-20-21-46-22-27(37)33-24-7-5-6-23-28(24)31(40)35(30(23)39)25-8-9-26(36)34-29(25)38/h5-7,25-26,29-31,34,36,38-40H,1-4,8-22H2,(H,33,37). The average Bonchev–Trinajstić information content (AvgIpc) is 3.29. The van der Waals surface area contributed by atoms with Gasteiger partial charge in [-0.05, 0) is 31.7 Å². The molecule has 2 heterocycles. The van der Waals surface area contributed by atoms with Crippen molar-refractivity contribution in [3.63, 3.8) is 0 Å². The van der Waals surface area contributed by atoms with E-state index in [1.54, 1.807) is 18.2 Å². The van der Waals surface area contributed by atoms with E-state index in [0.29, 0.717) is 82.5 Å². The lowest BCUT2D eigenvalue weighted by Crippen LogP contribution is -2.57. The number of amides is 1. The third kappa shape index (κ3) is 13.5. The number of unbranched alkanes of at least 4 members (excludes halogenated alkanes) is 3. The number of benzene rings is 1. The lowest BCUT2D eigenvalue weighted by atomic mass is 10.0. The molecule has 1 fully saturated rings. The van der Waals surface area contributed by atoms with Crippen molar-refractivity contribution < 1.29 is 53.6 Å². The molecule has 1 aromatic rings. The van der Waals surface area contributed by atoms with Crippen LogP contribution in [0.1, 0.15) is 62.1 Å². The van der Waals surface area contributed by atoms with Crippen LogP contribution in [0.5, 0.6) is 0 Å². The molecule has 2 aliphatic rings. The van der Waals surface area contributed by atoms with Crippen LogP contribution in [0.2, 0.25) is 0 Å². The van der Waals surface area contributed by atoms with Crippen molar-refractivity contribution in [1.29, 1.82) is 0 Å². The zero-order valence-corrected chi connectivity index (χ0v) is 27.3. The van der Waals surface area contributed by atoms with E-state index in [0.717, 1.165) is 38.2 Å². The van der Waals surface area contributed by atoms with Gasteiger partial charge in [0.1, 0.15) is 31.5 Å². The molecule has 0 saturated carbocycles. The van der Waals surface area contributed by atoms with E-state index in [9.17, 15) is 25.2 Å². The van der Waals surface area contributed by atoms with Crippen LogP contribution in [0.25, 0.3) is 0 Å². The Kier molecular flexibility index (Phi) is 19.4. The summed E-state index contributed by atoms with van der Waals surface area (Å²) < 4.78 is 32.8. The van der Waals surface area contributed by atoms with Crippen LogP contribution in [-0.2, 0) is 33.2 Å². The summed E-state index contributed by atoms with van der Waals surface area (Å²) in [4.78, 5) is 13.9. The number of fused-ring (bicyclic) bond motifs is 1. The third-order valence-electron chi connectivity index (χ3n) is 7.63. The van der Waals surface area contributed by atoms with Crippen LogP contribution in [0.3, 0.4) is 0 Å². The Morgan fingerprint density at radius 1 is 0.761 bits per heavy atom. The summed E-state index contributed by atoms with van der Waals surface area (Å²) in [6, 6.07) is 4.31. The number of hydrogen-bond acceptors (Lipinski definition) is 13. The van der Waals surface area contributed by atoms with Crippen molar-refractivity contribution in [2.45, 2.75) is 69.5 Å². The molecule has 5 unspecified atom stereocenters. The molecule has 0 radical (unpaired) electrons. The molecular formula is C31H52ClN3O11. The van der Waals surface area contributed by atoms with E-state index in [1.165, 1.54) is 4.90 Å². The molecule has 5 atom stereocenters. The second-order valence-corrected chi connectivity index (χ2v) is 11.4. The lowest BCUT2D eigenvalue weighted by molar-refractivity contribution is -0.158. The fourth-order valence-corrected chi connectivity index (χ4v) is 5.49. The number of nitrogens with one attached hydrogen (secondary N) is 2. The second-order valence-electron chi connectivity index (χ2n) is 11.0. The summed E-state index contributed by atoms with van der Waals surface area (Å²) in [5.74, 6) is 0.296. The number of halogens is 1. The normalized spacial score (nSPS) is 23.1. The summed E-state index contributed by atoms with van der Waals surface area (Å²) in [6.07, 6.45) is 0.664. The van der Waals surface area contributed by atoms with Gasteiger partial charge in [0.2, 0.25) is 5.91 Å². The molecule has 3 rings (SSSR count). The number of carbonyl (C=O) groups excluding carboxylic acids is 1. The largest absolute Gasteiger partial charge is 0.379 e. The van der Waals surface area contributed by atoms with Gasteiger partial charge in [-0.1, -0.05) is 25.0 Å². The van der Waals surface area contributed by atoms with Gasteiger partial charge >= 0.3 is 0 Å². The molecular weight excluding hydrogens is 626 g/mol. The van der Waals surface area contributed by atoms with E-state index in [2.05, 4.69) is 10.6 Å². The molecule has 0 spiro atoms. The molecule has 0 aliphatic carbocycles. The number of rotatable bonds is 25. The summed E-state index contributed by atoms with van der Waals surface area (Å²) in [6.45, 7) is 4.84. The minimum absolute atomic E-state index is 0.205. The minimum Gasteiger partial charge on any atom is -0.379 e. The fraction of sp³-hybridized carbons (Fsp3) is 0.774. The topological polar surface area (TPSA) is 181 Å². The number of nitrogens with zero attached hydrogens (tertiary/aromatic N) is 1. The van der Waals surface area contributed by atoms with Crippen molar-refractivity contribution in [3.8, 4) is 0 Å². The molecule has 15 heteroatoms. The first-order valence-corrected chi connectivity index (χ1v) is 16.7. The summed E-state index contributed by atoms with van der Waals surface area (Å²) in [5.41, 5.74) is 1.12. The Hall–Kier alpha value is -1.50. The predicted octanol–water partition coefficient (Wildman–Crippen LogP) is 1.21. The smallest absolute Gasteiger partial charge is 0.250 e. The Morgan fingerprint density at radius 2 is 1.33 bits per heavy atom. The highest BCUT2D eigenvalue weighted by atomic mass is 35.5. The molecule has 0 aromatic heterocycles. The Balaban J connectivity index is 1.15. The van der Waals surface area contributed by atoms with Gasteiger partial charge in [0.25, 0.3) is 0 Å². The van der Waals surface area contributed by atoms with Crippen LogP contribution in [0.15, 0.2) is 18.2 Å². The monoisotopic (exact) mass is 677 g/mol. The van der Waals surface area contributed by atoms with Crippen LogP contribution in [0, 0.1) is 0 Å². The minimum atomic E-state index is -1.27. The Morgan fingerprint density at radius 3 is 1.91 bits per heavy atom. The summed E-state index contributed by atoms with van der Waals surface area (Å²) in [5, 5.41) is 47.4. The van der Waals surface area contributed by atoms with Gasteiger partial charge < -0.3 is 54.2 Å². The number of anilines is 1. The van der Waals surface area contributed by atoms with E-state index in [4.69, 9.17) is 40.0 Å². The maximum atomic E-state index is 12.5. The SMILES string of the molecule is O=C(COCCOCCOCCOCCOCCOCCCCCCCl)Nc1cccc2c1C(O)N(C1CCC(O)NC1O)C2O. The van der Waals surface area contributed by atoms with Gasteiger partial charge in [0, 0.05) is 29.3 Å². The highest BCUT2D eigenvalue weighted by molar-refractivity contribution is 6.17. The van der Waals surface area contributed by atoms with Crippen LogP contribution >= 0.6 is 11.6 Å². The average molecular weight is 678 g/mol. The summed E-state index contributed by atoms with van der Waals surface area (Å²) in [7, 11) is 0. The van der Waals surface area contributed by atoms with Crippen molar-refractivity contribution in [2.24, 2.45) is 0 Å². The van der Waals surface area contributed by atoms with Gasteiger partial charge in [-0.3, -0.25) is 10.1 Å². The highest BCUT2D eigenvalue weighted by Gasteiger charge is 2.45. The fourth-order valence-electron chi connectivity index (χ4n) is 5.30. The first-order chi connectivity index (χ1) is 22.4. The van der Waals surface area contributed by atoms with Gasteiger partial charge in [0.15, 0.2) is 0 Å². The van der Waals surface area contributed by atoms with Crippen LogP contribution in [0.4, 0.5) is 5.69 Å². The van der Waals surface area contributed by atoms with Crippen molar-refractivity contribution >= 4 is 23.2 Å². The number of aliphatic hydroxyl groups is 4. The number of hydrogen-bond donors (Lipinski definition) is 6. The molecule has 1 aromatic carbocycles. The maximum absolute atomic E-state index is 12.5. The Labute approximate surface area is 276 Å². The van der Waals surface area contributed by atoms with Crippen molar-refractivity contribution in [3.05, 3.63) is 29.3 Å². The van der Waals surface area contributed by atoms with E-state index in [1.807, 2.05) is 0 Å². The lowest BCUT2D eigenvalue weighted by Gasteiger charge is -2.40. The second kappa shape index (κ2) is 23.0. The van der Waals surface area contributed by atoms with E-state index < -0.39 is 36.9 Å². The third-order valence-corrected chi connectivity index (χ3v) is 7.89. The maximum Gasteiger partial charge on any atom is 0.250 e. The quantitative estimate of drug-likeness (QED) is 0.0643. The predicted molar refractivity (Wildman–Crippen MR) is 169 cm³/mol. The first-order valence-electron chi connectivity index (χ1n) is 16.1. The zero-order valence-electron chi connectivity index (χ0n) is 26.5. The number of aliphatic hydroxyl groups excluding tert-OH is 4. The molecule has 1 amide bonds. The molecule has 14 nitrogen and oxygen atoms in total. The number of alkyl halides is 1. The van der Waals surface area contributed by atoms with Crippen LogP contribution < -0.4 is 10.6 Å². The molecule has 1 saturated heterocycles. The van der Waals surface area contributed by atoms with Crippen LogP contribution in [-0.4, -0.2) is 135 Å².